The third-order valence-electron chi connectivity index (χ3n) is 4.77. The quantitative estimate of drug-likeness (QED) is 0.225. The van der Waals surface area contributed by atoms with Crippen molar-refractivity contribution in [3.05, 3.63) is 15.1 Å². The highest BCUT2D eigenvalue weighted by molar-refractivity contribution is 7.71. The molecule has 0 atom stereocenters. The number of hydrogen-bond acceptors (Lipinski definition) is 8. The van der Waals surface area contributed by atoms with Gasteiger partial charge in [0.15, 0.2) is 15.9 Å². The van der Waals surface area contributed by atoms with Gasteiger partial charge in [0.1, 0.15) is 20.1 Å². The Morgan fingerprint density at radius 1 is 1.00 bits per heavy atom. The third-order valence-corrected chi connectivity index (χ3v) is 5.22. The normalized spacial score (nSPS) is 11.1. The summed E-state index contributed by atoms with van der Waals surface area (Å²) >= 11 is 5.55. The largest absolute Gasteiger partial charge is 0.463 e. The number of hydrogen-bond donors (Lipinski definition) is 2. The smallest absolute Gasteiger partial charge is 0.302 e. The molecule has 11 nitrogen and oxygen atoms in total. The first-order valence-electron chi connectivity index (χ1n) is 11.1. The summed E-state index contributed by atoms with van der Waals surface area (Å²) in [5.41, 5.74) is 0.0143. The summed E-state index contributed by atoms with van der Waals surface area (Å²) in [7, 11) is 0. The van der Waals surface area contributed by atoms with Gasteiger partial charge < -0.3 is 14.2 Å². The molecule has 2 aromatic rings. The number of nitrogens with one attached hydrogen (secondary N) is 2. The highest BCUT2D eigenvalue weighted by Crippen LogP contribution is 2.15. The van der Waals surface area contributed by atoms with Gasteiger partial charge in [0, 0.05) is 20.5 Å². The van der Waals surface area contributed by atoms with Crippen LogP contribution in [0.25, 0.3) is 11.2 Å². The maximum absolute atomic E-state index is 12.8. The first kappa shape index (κ1) is 26.7. The van der Waals surface area contributed by atoms with Crippen LogP contribution in [0.2, 0.25) is 0 Å². The lowest BCUT2D eigenvalue weighted by Crippen LogP contribution is -2.18. The number of fused-ring (bicyclic) bond motifs is 1. The summed E-state index contributed by atoms with van der Waals surface area (Å²) in [6.45, 7) is 5.67. The predicted molar refractivity (Wildman–Crippen MR) is 125 cm³/mol. The molecule has 0 spiro atoms. The second-order valence-electron chi connectivity index (χ2n) is 7.59. The number of imidazole rings is 1. The number of carbonyl (C=O) groups excluding carboxylic acids is 2. The Hall–Kier alpha value is -2.57. The molecule has 2 aromatic heterocycles. The van der Waals surface area contributed by atoms with E-state index in [9.17, 15) is 14.4 Å². The number of anilines is 1. The predicted octanol–water partition coefficient (Wildman–Crippen LogP) is 3.09. The lowest BCUT2D eigenvalue weighted by atomic mass is 10.1. The van der Waals surface area contributed by atoms with E-state index in [0.29, 0.717) is 11.4 Å². The molecule has 0 aliphatic carbocycles. The van der Waals surface area contributed by atoms with E-state index in [1.54, 1.807) is 4.57 Å². The van der Waals surface area contributed by atoms with Crippen molar-refractivity contribution in [1.29, 1.82) is 0 Å². The van der Waals surface area contributed by atoms with E-state index in [4.69, 9.17) is 26.4 Å². The van der Waals surface area contributed by atoms with Crippen LogP contribution in [0.3, 0.4) is 0 Å². The number of H-pyrrole nitrogens is 1. The van der Waals surface area contributed by atoms with Crippen LogP contribution in [0.5, 0.6) is 0 Å². The molecule has 0 radical (unpaired) electrons. The molecule has 12 heteroatoms. The van der Waals surface area contributed by atoms with Gasteiger partial charge in [-0.2, -0.15) is 4.98 Å². The number of esters is 1. The van der Waals surface area contributed by atoms with Gasteiger partial charge >= 0.3 is 5.97 Å². The summed E-state index contributed by atoms with van der Waals surface area (Å²) in [6, 6.07) is 0. The molecule has 0 unspecified atom stereocenters. The maximum Gasteiger partial charge on any atom is 0.302 e. The first-order valence-corrected chi connectivity index (χ1v) is 11.6. The van der Waals surface area contributed by atoms with Crippen molar-refractivity contribution in [2.45, 2.75) is 72.8 Å². The molecule has 0 bridgehead atoms. The Bertz CT molecular complexity index is 1040. The first-order chi connectivity index (χ1) is 15.8. The van der Waals surface area contributed by atoms with Crippen LogP contribution in [-0.2, 0) is 37.3 Å². The number of nitrogens with zero attached hydrogens (tertiary/aromatic N) is 3. The van der Waals surface area contributed by atoms with Gasteiger partial charge in [0.25, 0.3) is 5.56 Å². The molecule has 0 fully saturated rings. The molecule has 2 rings (SSSR count). The zero-order valence-electron chi connectivity index (χ0n) is 19.5. The molecule has 0 saturated heterocycles. The average molecular weight is 484 g/mol. The maximum atomic E-state index is 12.8. The van der Waals surface area contributed by atoms with E-state index in [-0.39, 0.29) is 49.7 Å². The molecular formula is C21H33N5O6S. The van der Waals surface area contributed by atoms with Crippen molar-refractivity contribution in [2.75, 3.05) is 25.1 Å². The van der Waals surface area contributed by atoms with Gasteiger partial charge in [0.05, 0.1) is 6.61 Å². The fraction of sp³-hybridized carbons (Fsp3) is 0.667. The lowest BCUT2D eigenvalue weighted by Gasteiger charge is -2.07. The summed E-state index contributed by atoms with van der Waals surface area (Å²) in [6.07, 6.45) is 6.87. The van der Waals surface area contributed by atoms with Crippen molar-refractivity contribution >= 4 is 41.2 Å². The van der Waals surface area contributed by atoms with Gasteiger partial charge in [-0.05, 0) is 18.6 Å². The van der Waals surface area contributed by atoms with Crippen LogP contribution in [0.4, 0.5) is 5.95 Å². The van der Waals surface area contributed by atoms with E-state index in [1.165, 1.54) is 44.1 Å². The Morgan fingerprint density at radius 3 is 2.36 bits per heavy atom. The fourth-order valence-electron chi connectivity index (χ4n) is 3.22. The SMILES string of the molecule is CCCCCCCCOCn1c(=S)n(COCCOC(C)=O)c2nc(NC(C)=O)[nH]c(=O)c21. The summed E-state index contributed by atoms with van der Waals surface area (Å²) < 4.78 is 19.6. The summed E-state index contributed by atoms with van der Waals surface area (Å²) in [5, 5.41) is 2.47. The Balaban J connectivity index is 2.16. The highest BCUT2D eigenvalue weighted by atomic mass is 32.1. The lowest BCUT2D eigenvalue weighted by molar-refractivity contribution is -0.142. The van der Waals surface area contributed by atoms with Crippen molar-refractivity contribution < 1.29 is 23.8 Å². The Labute approximate surface area is 197 Å². The molecule has 0 aliphatic heterocycles. The van der Waals surface area contributed by atoms with E-state index < -0.39 is 11.5 Å². The molecular weight excluding hydrogens is 450 g/mol. The second-order valence-corrected chi connectivity index (χ2v) is 7.95. The van der Waals surface area contributed by atoms with Crippen molar-refractivity contribution in [2.24, 2.45) is 0 Å². The minimum Gasteiger partial charge on any atom is -0.463 e. The van der Waals surface area contributed by atoms with E-state index in [2.05, 4.69) is 22.2 Å². The van der Waals surface area contributed by atoms with E-state index in [0.717, 1.165) is 12.8 Å². The third kappa shape index (κ3) is 8.37. The van der Waals surface area contributed by atoms with Gasteiger partial charge in [-0.3, -0.25) is 33.8 Å². The Morgan fingerprint density at radius 2 is 1.67 bits per heavy atom. The molecule has 0 saturated carbocycles. The highest BCUT2D eigenvalue weighted by Gasteiger charge is 2.17. The van der Waals surface area contributed by atoms with E-state index in [1.807, 2.05) is 0 Å². The van der Waals surface area contributed by atoms with Crippen LogP contribution in [0.1, 0.15) is 59.3 Å². The monoisotopic (exact) mass is 483 g/mol. The number of rotatable bonds is 15. The molecule has 2 heterocycles. The van der Waals surface area contributed by atoms with E-state index >= 15 is 0 Å². The van der Waals surface area contributed by atoms with Crippen LogP contribution in [0, 0.1) is 4.77 Å². The molecule has 1 amide bonds. The molecule has 0 aliphatic rings. The number of aromatic amines is 1. The van der Waals surface area contributed by atoms with Crippen LogP contribution in [0.15, 0.2) is 4.79 Å². The molecule has 2 N–H and O–H groups in total. The molecule has 184 valence electrons. The van der Waals surface area contributed by atoms with Gasteiger partial charge in [-0.25, -0.2) is 0 Å². The number of unbranched alkanes of at least 4 members (excludes halogenated alkanes) is 5. The van der Waals surface area contributed by atoms with Crippen LogP contribution < -0.4 is 10.9 Å². The van der Waals surface area contributed by atoms with Gasteiger partial charge in [-0.15, -0.1) is 0 Å². The molecule has 0 aromatic carbocycles. The minimum absolute atomic E-state index is 0.00816. The summed E-state index contributed by atoms with van der Waals surface area (Å²) in [4.78, 5) is 42.0. The number of carbonyl (C=O) groups is 2. The average Bonchev–Trinajstić information content (AvgIpc) is 3.00. The van der Waals surface area contributed by atoms with Crippen molar-refractivity contribution in [3.8, 4) is 0 Å². The van der Waals surface area contributed by atoms with Crippen molar-refractivity contribution in [3.63, 3.8) is 0 Å². The standard InChI is InChI=1S/C21H33N5O6S/c1-4-5-6-7-8-9-10-30-13-25-17-18(23-20(22-15(2)27)24-19(17)29)26(21(25)33)14-31-11-12-32-16(3)28/h4-14H2,1-3H3,(H2,22,23,24,27,29). The molecule has 33 heavy (non-hydrogen) atoms. The van der Waals surface area contributed by atoms with Crippen LogP contribution in [-0.4, -0.2) is 50.8 Å². The summed E-state index contributed by atoms with van der Waals surface area (Å²) in [5.74, 6) is -0.765. The Kier molecular flexibility index (Phi) is 11.2. The zero-order valence-corrected chi connectivity index (χ0v) is 20.3. The zero-order chi connectivity index (χ0) is 24.2. The number of aromatic nitrogens is 4. The van der Waals surface area contributed by atoms with Gasteiger partial charge in [-0.1, -0.05) is 39.0 Å². The number of amides is 1. The van der Waals surface area contributed by atoms with Crippen molar-refractivity contribution in [1.82, 2.24) is 19.1 Å². The topological polar surface area (TPSA) is 129 Å². The van der Waals surface area contributed by atoms with Gasteiger partial charge in [0.2, 0.25) is 11.9 Å². The fourth-order valence-corrected chi connectivity index (χ4v) is 3.50. The number of ether oxygens (including phenoxy) is 3. The second kappa shape index (κ2) is 13.9. The van der Waals surface area contributed by atoms with Crippen LogP contribution >= 0.6 is 12.2 Å². The minimum atomic E-state index is -0.461.